The van der Waals surface area contributed by atoms with Crippen molar-refractivity contribution >= 4 is 6.16 Å². The third kappa shape index (κ3) is 4.29. The monoisotopic (exact) mass is 224 g/mol. The highest BCUT2D eigenvalue weighted by atomic mass is 16.8. The zero-order valence-corrected chi connectivity index (χ0v) is 10.4. The fraction of sp³-hybridized carbons (Fsp3) is 0.500. The van der Waals surface area contributed by atoms with Gasteiger partial charge in [-0.3, -0.25) is 0 Å². The van der Waals surface area contributed by atoms with E-state index >= 15 is 0 Å². The molecule has 0 aliphatic heterocycles. The van der Waals surface area contributed by atoms with Gasteiger partial charge in [-0.2, -0.15) is 4.79 Å². The van der Waals surface area contributed by atoms with Crippen molar-refractivity contribution in [3.63, 3.8) is 0 Å². The van der Waals surface area contributed by atoms with E-state index in [2.05, 4.69) is 0 Å². The second kappa shape index (κ2) is 4.51. The molecule has 16 heavy (non-hydrogen) atoms. The Bertz CT molecular complexity index is 373. The quantitative estimate of drug-likeness (QED) is 0.540. The molecule has 1 aromatic heterocycles. The summed E-state index contributed by atoms with van der Waals surface area (Å²) < 4.78 is 6.40. The van der Waals surface area contributed by atoms with Crippen LogP contribution in [0.3, 0.4) is 0 Å². The van der Waals surface area contributed by atoms with Crippen molar-refractivity contribution in [3.8, 4) is 0 Å². The molecule has 0 bridgehead atoms. The number of carbonyl (C=O) groups excluding carboxylic acids is 1. The van der Waals surface area contributed by atoms with Gasteiger partial charge in [0.25, 0.3) is 0 Å². The molecule has 0 radical (unpaired) electrons. The smallest absolute Gasteiger partial charge is 0.425 e. The van der Waals surface area contributed by atoms with Crippen molar-refractivity contribution in [2.45, 2.75) is 40.2 Å². The molecule has 1 rings (SSSR count). The van der Waals surface area contributed by atoms with E-state index in [9.17, 15) is 4.79 Å². The summed E-state index contributed by atoms with van der Waals surface area (Å²) in [6.45, 7) is 9.24. The van der Waals surface area contributed by atoms with Crippen LogP contribution in [-0.2, 0) is 4.74 Å². The van der Waals surface area contributed by atoms with E-state index in [-0.39, 0.29) is 0 Å². The third-order valence-corrected chi connectivity index (χ3v) is 1.69. The number of hydrogen-bond donors (Lipinski definition) is 0. The van der Waals surface area contributed by atoms with Gasteiger partial charge in [0, 0.05) is 15.9 Å². The molecular formula is C12H18NO3+. The van der Waals surface area contributed by atoms with E-state index in [4.69, 9.17) is 9.57 Å². The molecule has 0 aliphatic carbocycles. The molecule has 0 saturated heterocycles. The first kappa shape index (κ1) is 12.5. The number of carbonyl (C=O) groups is 1. The average molecular weight is 224 g/mol. The van der Waals surface area contributed by atoms with Gasteiger partial charge < -0.3 is 4.74 Å². The SMILES string of the molecule is Cc1cc(C)c[n+](OC(=O)OC(C)(C)C)c1. The summed E-state index contributed by atoms with van der Waals surface area (Å²) in [7, 11) is 0. The molecule has 0 fully saturated rings. The molecule has 88 valence electrons. The van der Waals surface area contributed by atoms with Crippen LogP contribution in [0.4, 0.5) is 4.79 Å². The average Bonchev–Trinajstić information content (AvgIpc) is 1.96. The topological polar surface area (TPSA) is 39.4 Å². The molecule has 0 saturated carbocycles. The summed E-state index contributed by atoms with van der Waals surface area (Å²) >= 11 is 0. The normalized spacial score (nSPS) is 11.1. The van der Waals surface area contributed by atoms with Gasteiger partial charge in [-0.15, -0.1) is 4.84 Å². The number of aryl methyl sites for hydroxylation is 2. The third-order valence-electron chi connectivity index (χ3n) is 1.69. The van der Waals surface area contributed by atoms with Gasteiger partial charge in [0.05, 0.1) is 0 Å². The van der Waals surface area contributed by atoms with Gasteiger partial charge in [-0.25, -0.2) is 0 Å². The van der Waals surface area contributed by atoms with E-state index in [1.807, 2.05) is 19.9 Å². The van der Waals surface area contributed by atoms with Crippen LogP contribution in [0.25, 0.3) is 0 Å². The molecule has 4 heteroatoms. The Morgan fingerprint density at radius 3 is 2.12 bits per heavy atom. The predicted octanol–water partition coefficient (Wildman–Crippen LogP) is 1.95. The molecule has 0 amide bonds. The molecule has 0 unspecified atom stereocenters. The minimum Gasteiger partial charge on any atom is -0.425 e. The second-order valence-electron chi connectivity index (χ2n) is 4.81. The summed E-state index contributed by atoms with van der Waals surface area (Å²) in [5.74, 6) is 0. The summed E-state index contributed by atoms with van der Waals surface area (Å²) in [5.41, 5.74) is 1.49. The number of nitrogens with zero attached hydrogens (tertiary/aromatic N) is 1. The first-order valence-electron chi connectivity index (χ1n) is 5.17. The summed E-state index contributed by atoms with van der Waals surface area (Å²) in [6.07, 6.45) is 2.73. The lowest BCUT2D eigenvalue weighted by Gasteiger charge is -2.16. The van der Waals surface area contributed by atoms with Gasteiger partial charge in [-0.05, 0) is 40.7 Å². The van der Waals surface area contributed by atoms with Gasteiger partial charge in [-0.1, -0.05) is 0 Å². The molecule has 0 aliphatic rings. The summed E-state index contributed by atoms with van der Waals surface area (Å²) in [5, 5.41) is 0. The lowest BCUT2D eigenvalue weighted by atomic mass is 10.2. The first-order chi connectivity index (χ1) is 7.26. The minimum atomic E-state index is -0.706. The van der Waals surface area contributed by atoms with Crippen LogP contribution in [-0.4, -0.2) is 11.8 Å². The van der Waals surface area contributed by atoms with Gasteiger partial charge in [0.1, 0.15) is 5.60 Å². The van der Waals surface area contributed by atoms with E-state index in [0.717, 1.165) is 11.1 Å². The minimum absolute atomic E-state index is 0.545. The Labute approximate surface area is 95.8 Å². The fourth-order valence-corrected chi connectivity index (χ4v) is 1.28. The second-order valence-corrected chi connectivity index (χ2v) is 4.81. The molecule has 0 aromatic carbocycles. The summed E-state index contributed by atoms with van der Waals surface area (Å²) in [4.78, 5) is 16.4. The Balaban J connectivity index is 2.70. The van der Waals surface area contributed by atoms with Crippen LogP contribution in [0.2, 0.25) is 0 Å². The number of rotatable bonds is 1. The maximum Gasteiger partial charge on any atom is 0.572 e. The Kier molecular flexibility index (Phi) is 3.52. The van der Waals surface area contributed by atoms with E-state index in [1.165, 1.54) is 4.73 Å². The van der Waals surface area contributed by atoms with Crippen molar-refractivity contribution in [2.24, 2.45) is 0 Å². The van der Waals surface area contributed by atoms with Crippen molar-refractivity contribution in [2.75, 3.05) is 0 Å². The highest BCUT2D eigenvalue weighted by molar-refractivity contribution is 5.59. The molecule has 1 aromatic rings. The Morgan fingerprint density at radius 2 is 1.69 bits per heavy atom. The largest absolute Gasteiger partial charge is 0.572 e. The fourth-order valence-electron chi connectivity index (χ4n) is 1.28. The zero-order valence-electron chi connectivity index (χ0n) is 10.4. The van der Waals surface area contributed by atoms with Crippen LogP contribution in [0.5, 0.6) is 0 Å². The van der Waals surface area contributed by atoms with Gasteiger partial charge in [0.2, 0.25) is 12.4 Å². The van der Waals surface area contributed by atoms with Crippen molar-refractivity contribution in [3.05, 3.63) is 29.6 Å². The van der Waals surface area contributed by atoms with E-state index < -0.39 is 11.8 Å². The van der Waals surface area contributed by atoms with Crippen LogP contribution < -0.4 is 9.57 Å². The van der Waals surface area contributed by atoms with Gasteiger partial charge in [0.15, 0.2) is 0 Å². The van der Waals surface area contributed by atoms with Crippen LogP contribution in [0.15, 0.2) is 18.5 Å². The zero-order chi connectivity index (χ0) is 12.3. The van der Waals surface area contributed by atoms with Crippen molar-refractivity contribution in [1.29, 1.82) is 0 Å². The number of pyridine rings is 1. The molecule has 4 nitrogen and oxygen atoms in total. The molecule has 0 spiro atoms. The van der Waals surface area contributed by atoms with Crippen LogP contribution in [0, 0.1) is 13.8 Å². The lowest BCUT2D eigenvalue weighted by Crippen LogP contribution is -2.47. The maximum absolute atomic E-state index is 11.4. The Morgan fingerprint density at radius 1 is 1.19 bits per heavy atom. The molecular weight excluding hydrogens is 206 g/mol. The highest BCUT2D eigenvalue weighted by Crippen LogP contribution is 2.06. The van der Waals surface area contributed by atoms with Gasteiger partial charge >= 0.3 is 6.16 Å². The molecule has 0 atom stereocenters. The van der Waals surface area contributed by atoms with Crippen molar-refractivity contribution in [1.82, 2.24) is 0 Å². The maximum atomic E-state index is 11.4. The first-order valence-corrected chi connectivity index (χ1v) is 5.17. The predicted molar refractivity (Wildman–Crippen MR) is 58.9 cm³/mol. The van der Waals surface area contributed by atoms with Crippen LogP contribution >= 0.6 is 0 Å². The Hall–Kier alpha value is -1.58. The van der Waals surface area contributed by atoms with Crippen molar-refractivity contribution < 1.29 is 19.1 Å². The van der Waals surface area contributed by atoms with E-state index in [0.29, 0.717) is 0 Å². The van der Waals surface area contributed by atoms with Crippen LogP contribution in [0.1, 0.15) is 31.9 Å². The number of hydrogen-bond acceptors (Lipinski definition) is 3. The number of ether oxygens (including phenoxy) is 1. The highest BCUT2D eigenvalue weighted by Gasteiger charge is 2.21. The lowest BCUT2D eigenvalue weighted by molar-refractivity contribution is -0.871. The number of aromatic nitrogens is 1. The standard InChI is InChI=1S/C12H18NO3/c1-9-6-10(2)8-13(7-9)16-11(14)15-12(3,4)5/h6-8H,1-5H3/q+1. The molecule has 0 N–H and O–H groups in total. The molecule has 1 heterocycles. The van der Waals surface area contributed by atoms with E-state index in [1.54, 1.807) is 33.2 Å². The summed E-state index contributed by atoms with van der Waals surface area (Å²) in [6, 6.07) is 1.99.